The Morgan fingerprint density at radius 2 is 0.532 bits per heavy atom. The van der Waals surface area contributed by atoms with Crippen LogP contribution in [0.1, 0.15) is 0 Å². The molecule has 5 nitrogen and oxygen atoms in total. The molecule has 0 aliphatic carbocycles. The first kappa shape index (κ1) is 44.8. The van der Waals surface area contributed by atoms with Crippen molar-refractivity contribution >= 4 is 100 Å². The number of hydrogen-bond donors (Lipinski definition) is 0. The molecule has 0 bridgehead atoms. The molecule has 6 heteroatoms. The number of nitrogens with zero attached hydrogens (tertiary/aromatic N) is 5. The summed E-state index contributed by atoms with van der Waals surface area (Å²) in [6, 6.07) is 101. The molecule has 366 valence electrons. The zero-order chi connectivity index (χ0) is 52.0. The maximum Gasteiger partial charge on any atom is 0.252 e. The molecule has 0 saturated carbocycles. The summed E-state index contributed by atoms with van der Waals surface area (Å²) >= 11 is 0. The lowest BCUT2D eigenvalue weighted by atomic mass is 9.33. The van der Waals surface area contributed by atoms with Crippen molar-refractivity contribution in [3.63, 3.8) is 0 Å². The first-order valence-corrected chi connectivity index (χ1v) is 27.0. The Bertz CT molecular complexity index is 4410. The van der Waals surface area contributed by atoms with E-state index in [1.54, 1.807) is 0 Å². The summed E-state index contributed by atoms with van der Waals surface area (Å²) in [4.78, 5) is 21.0. The van der Waals surface area contributed by atoms with Crippen LogP contribution in [0, 0.1) is 0 Å². The summed E-state index contributed by atoms with van der Waals surface area (Å²) in [6.45, 7) is -0.159. The summed E-state index contributed by atoms with van der Waals surface area (Å²) < 4.78 is 0. The maximum atomic E-state index is 5.42. The Balaban J connectivity index is 1.03. The predicted molar refractivity (Wildman–Crippen MR) is 331 cm³/mol. The molecule has 0 atom stereocenters. The van der Waals surface area contributed by atoms with E-state index >= 15 is 0 Å². The van der Waals surface area contributed by atoms with Gasteiger partial charge in [-0.1, -0.05) is 206 Å². The first-order valence-electron chi connectivity index (χ1n) is 27.0. The molecule has 0 amide bonds. The highest BCUT2D eigenvalue weighted by molar-refractivity contribution is 7.00. The summed E-state index contributed by atoms with van der Waals surface area (Å²) in [5.41, 5.74) is 17.6. The highest BCUT2D eigenvalue weighted by Gasteiger charge is 2.44. The summed E-state index contributed by atoms with van der Waals surface area (Å²) in [7, 11) is 0. The van der Waals surface area contributed by atoms with Crippen molar-refractivity contribution in [1.82, 2.24) is 15.0 Å². The third-order valence-corrected chi connectivity index (χ3v) is 16.1. The van der Waals surface area contributed by atoms with Crippen molar-refractivity contribution in [2.24, 2.45) is 0 Å². The van der Waals surface area contributed by atoms with Crippen molar-refractivity contribution in [3.8, 4) is 56.4 Å². The largest absolute Gasteiger partial charge is 0.311 e. The van der Waals surface area contributed by atoms with Gasteiger partial charge in [-0.2, -0.15) is 0 Å². The lowest BCUT2D eigenvalue weighted by molar-refractivity contribution is 1.07. The molecule has 0 saturated heterocycles. The van der Waals surface area contributed by atoms with Gasteiger partial charge in [0.1, 0.15) is 0 Å². The standard InChI is InChI=1S/C73H46BN5/c1-5-17-47(18-6-1)49-29-33-62(34-30-49)78-66-43-59-39-55-27-15-13-25-53(55)37-57(59)41-64(66)74-65-42-58-38-54-26-14-16-28-56(54)40-60(58)44-67(65)79(63-35-31-50(32-36-63)48-19-7-2-8-20-48)69-46-61(45-68(78)70(69)74)73-76-71(51-21-9-3-10-22-51)75-72(77-73)52-23-11-4-12-24-52/h1-46H. The van der Waals surface area contributed by atoms with Crippen LogP contribution in [0.15, 0.2) is 279 Å². The van der Waals surface area contributed by atoms with Crippen molar-refractivity contribution in [2.75, 3.05) is 9.80 Å². The maximum absolute atomic E-state index is 5.42. The van der Waals surface area contributed by atoms with Crippen LogP contribution in [0.5, 0.6) is 0 Å². The molecule has 79 heavy (non-hydrogen) atoms. The fourth-order valence-corrected chi connectivity index (χ4v) is 12.4. The number of aromatic nitrogens is 3. The predicted octanol–water partition coefficient (Wildman–Crippen LogP) is 16.9. The number of benzene rings is 13. The molecule has 0 unspecified atom stereocenters. The fourth-order valence-electron chi connectivity index (χ4n) is 12.4. The van der Waals surface area contributed by atoms with E-state index in [1.165, 1.54) is 70.6 Å². The topological polar surface area (TPSA) is 45.2 Å². The van der Waals surface area contributed by atoms with Crippen molar-refractivity contribution in [1.29, 1.82) is 0 Å². The number of hydrogen-bond acceptors (Lipinski definition) is 5. The Morgan fingerprint density at radius 3 is 0.899 bits per heavy atom. The zero-order valence-corrected chi connectivity index (χ0v) is 42.9. The van der Waals surface area contributed by atoms with Gasteiger partial charge in [0.15, 0.2) is 17.5 Å². The van der Waals surface area contributed by atoms with E-state index in [0.717, 1.165) is 61.9 Å². The fraction of sp³-hybridized carbons (Fsp3) is 0. The van der Waals surface area contributed by atoms with Gasteiger partial charge in [-0.05, 0) is 155 Å². The van der Waals surface area contributed by atoms with Crippen LogP contribution in [-0.4, -0.2) is 21.7 Å². The summed E-state index contributed by atoms with van der Waals surface area (Å²) in [5, 5.41) is 9.64. The number of fused-ring (bicyclic) bond motifs is 8. The summed E-state index contributed by atoms with van der Waals surface area (Å²) in [6.07, 6.45) is 0. The molecular weight excluding hydrogens is 958 g/mol. The van der Waals surface area contributed by atoms with Gasteiger partial charge in [0.05, 0.1) is 0 Å². The van der Waals surface area contributed by atoms with E-state index in [0.29, 0.717) is 17.5 Å². The average Bonchev–Trinajstić information content (AvgIpc) is 3.17. The second-order valence-corrected chi connectivity index (χ2v) is 20.8. The van der Waals surface area contributed by atoms with Crippen LogP contribution in [0.25, 0.3) is 99.5 Å². The minimum absolute atomic E-state index is 0.159. The second kappa shape index (κ2) is 18.1. The average molecular weight is 1000 g/mol. The lowest BCUT2D eigenvalue weighted by Crippen LogP contribution is -2.61. The monoisotopic (exact) mass is 1000 g/mol. The SMILES string of the molecule is c1ccc(-c2ccc(N3c4cc5cc6ccccc6cc5cc4B4c5cc6cc7ccccc7cc6cc5N(c5ccc(-c6ccccc6)cc5)c5cc(-c6nc(-c7ccccc7)nc(-c7ccccc7)n6)cc3c54)cc2)cc1. The smallest absolute Gasteiger partial charge is 0.252 e. The van der Waals surface area contributed by atoms with Crippen LogP contribution in [0.2, 0.25) is 0 Å². The normalized spacial score (nSPS) is 12.5. The molecule has 3 heterocycles. The van der Waals surface area contributed by atoms with E-state index in [2.05, 4.69) is 252 Å². The Hall–Kier alpha value is -10.4. The van der Waals surface area contributed by atoms with Gasteiger partial charge in [0.25, 0.3) is 6.71 Å². The quantitative estimate of drug-likeness (QED) is 0.118. The molecule has 2 aliphatic rings. The summed E-state index contributed by atoms with van der Waals surface area (Å²) in [5.74, 6) is 1.82. The van der Waals surface area contributed by atoms with E-state index in [1.807, 2.05) is 36.4 Å². The van der Waals surface area contributed by atoms with Crippen LogP contribution in [0.4, 0.5) is 34.1 Å². The van der Waals surface area contributed by atoms with Gasteiger partial charge in [0.2, 0.25) is 0 Å². The molecule has 13 aromatic carbocycles. The van der Waals surface area contributed by atoms with Gasteiger partial charge in [-0.3, -0.25) is 0 Å². The molecular formula is C73H46BN5. The number of rotatable bonds is 7. The molecule has 0 radical (unpaired) electrons. The Labute approximate surface area is 458 Å². The van der Waals surface area contributed by atoms with Gasteiger partial charge in [0, 0.05) is 50.8 Å². The van der Waals surface area contributed by atoms with E-state index in [4.69, 9.17) is 15.0 Å². The highest BCUT2D eigenvalue weighted by atomic mass is 15.2. The number of anilines is 6. The third-order valence-electron chi connectivity index (χ3n) is 16.1. The Kier molecular flexibility index (Phi) is 10.3. The zero-order valence-electron chi connectivity index (χ0n) is 42.9. The van der Waals surface area contributed by atoms with Gasteiger partial charge in [-0.25, -0.2) is 15.0 Å². The molecule has 2 aliphatic heterocycles. The van der Waals surface area contributed by atoms with E-state index in [-0.39, 0.29) is 6.71 Å². The van der Waals surface area contributed by atoms with Gasteiger partial charge < -0.3 is 9.80 Å². The van der Waals surface area contributed by atoms with Crippen molar-refractivity contribution < 1.29 is 0 Å². The minimum atomic E-state index is -0.159. The molecule has 14 aromatic rings. The van der Waals surface area contributed by atoms with Crippen LogP contribution in [0.3, 0.4) is 0 Å². The molecule has 16 rings (SSSR count). The van der Waals surface area contributed by atoms with Gasteiger partial charge >= 0.3 is 0 Å². The third kappa shape index (κ3) is 7.60. The molecule has 0 spiro atoms. The molecule has 1 aromatic heterocycles. The van der Waals surface area contributed by atoms with Crippen LogP contribution in [-0.2, 0) is 0 Å². The lowest BCUT2D eigenvalue weighted by Gasteiger charge is -2.44. The van der Waals surface area contributed by atoms with Gasteiger partial charge in [-0.15, -0.1) is 0 Å². The first-order chi connectivity index (χ1) is 39.1. The minimum Gasteiger partial charge on any atom is -0.311 e. The van der Waals surface area contributed by atoms with E-state index in [9.17, 15) is 0 Å². The Morgan fingerprint density at radius 1 is 0.228 bits per heavy atom. The van der Waals surface area contributed by atoms with Crippen molar-refractivity contribution in [2.45, 2.75) is 0 Å². The second-order valence-electron chi connectivity index (χ2n) is 20.8. The van der Waals surface area contributed by atoms with Crippen molar-refractivity contribution in [3.05, 3.63) is 279 Å². The molecule has 0 N–H and O–H groups in total. The highest BCUT2D eigenvalue weighted by Crippen LogP contribution is 2.48. The van der Waals surface area contributed by atoms with Crippen LogP contribution >= 0.6 is 0 Å². The van der Waals surface area contributed by atoms with Crippen LogP contribution < -0.4 is 26.2 Å². The molecule has 0 fully saturated rings. The van der Waals surface area contributed by atoms with E-state index < -0.39 is 0 Å².